The zero-order valence-electron chi connectivity index (χ0n) is 11.6. The third kappa shape index (κ3) is 3.38. The molecule has 0 spiro atoms. The molecule has 0 aromatic carbocycles. The maximum Gasteiger partial charge on any atom is 0.310 e. The van der Waals surface area contributed by atoms with Crippen molar-refractivity contribution in [2.45, 2.75) is 24.1 Å². The van der Waals surface area contributed by atoms with Gasteiger partial charge in [0.15, 0.2) is 0 Å². The number of aliphatic carboxylic acids is 1. The number of nitrogens with zero attached hydrogens (tertiary/aromatic N) is 1. The van der Waals surface area contributed by atoms with Gasteiger partial charge in [0.05, 0.1) is 41.9 Å². The lowest BCUT2D eigenvalue weighted by Gasteiger charge is -2.31. The van der Waals surface area contributed by atoms with Crippen LogP contribution < -0.4 is 0 Å². The third-order valence-electron chi connectivity index (χ3n) is 4.16. The SMILES string of the molecule is CN(C1COCC1C(=O)O)S(=O)(=O)C1CCS(=O)(=O)CC1. The summed E-state index contributed by atoms with van der Waals surface area (Å²) in [6.45, 7) is 0.0244. The van der Waals surface area contributed by atoms with Crippen LogP contribution in [0.15, 0.2) is 0 Å². The first kappa shape index (κ1) is 16.7. The fourth-order valence-corrected chi connectivity index (χ4v) is 6.40. The normalized spacial score (nSPS) is 30.6. The number of sulfonamides is 1. The van der Waals surface area contributed by atoms with Crippen LogP contribution in [0.2, 0.25) is 0 Å². The Bertz CT molecular complexity index is 598. The van der Waals surface area contributed by atoms with Crippen LogP contribution in [-0.2, 0) is 29.4 Å². The molecule has 2 atom stereocenters. The Kier molecular flexibility index (Phi) is 4.62. The largest absolute Gasteiger partial charge is 0.481 e. The number of carbonyl (C=O) groups is 1. The Balaban J connectivity index is 2.14. The lowest BCUT2D eigenvalue weighted by atomic mass is 10.1. The molecule has 10 heteroatoms. The number of sulfone groups is 1. The summed E-state index contributed by atoms with van der Waals surface area (Å²) in [6, 6.07) is -0.744. The monoisotopic (exact) mass is 341 g/mol. The van der Waals surface area contributed by atoms with Gasteiger partial charge in [0.25, 0.3) is 0 Å². The molecule has 0 bridgehead atoms. The molecule has 8 nitrogen and oxygen atoms in total. The molecule has 0 aromatic heterocycles. The average molecular weight is 341 g/mol. The summed E-state index contributed by atoms with van der Waals surface area (Å²) in [7, 11) is -5.54. The van der Waals surface area contributed by atoms with Gasteiger partial charge in [-0.1, -0.05) is 0 Å². The van der Waals surface area contributed by atoms with Gasteiger partial charge in [-0.25, -0.2) is 16.8 Å². The minimum atomic E-state index is -3.74. The van der Waals surface area contributed by atoms with Gasteiger partial charge < -0.3 is 9.84 Å². The van der Waals surface area contributed by atoms with Crippen molar-refractivity contribution in [3.8, 4) is 0 Å². The highest BCUT2D eigenvalue weighted by Crippen LogP contribution is 2.27. The fraction of sp³-hybridized carbons (Fsp3) is 0.909. The Morgan fingerprint density at radius 1 is 1.24 bits per heavy atom. The van der Waals surface area contributed by atoms with E-state index >= 15 is 0 Å². The second kappa shape index (κ2) is 5.82. The summed E-state index contributed by atoms with van der Waals surface area (Å²) in [4.78, 5) is 11.1. The van der Waals surface area contributed by atoms with Gasteiger partial charge in [0, 0.05) is 7.05 Å². The van der Waals surface area contributed by atoms with Gasteiger partial charge in [0.2, 0.25) is 10.0 Å². The Morgan fingerprint density at radius 2 is 1.81 bits per heavy atom. The van der Waals surface area contributed by atoms with Crippen LogP contribution in [0.1, 0.15) is 12.8 Å². The maximum atomic E-state index is 12.5. The van der Waals surface area contributed by atoms with E-state index in [9.17, 15) is 21.6 Å². The topological polar surface area (TPSA) is 118 Å². The predicted molar refractivity (Wildman–Crippen MR) is 74.1 cm³/mol. The van der Waals surface area contributed by atoms with Crippen molar-refractivity contribution in [2.75, 3.05) is 31.8 Å². The first-order valence-corrected chi connectivity index (χ1v) is 9.95. The van der Waals surface area contributed by atoms with Crippen LogP contribution in [-0.4, -0.2) is 75.3 Å². The van der Waals surface area contributed by atoms with E-state index in [2.05, 4.69) is 0 Å². The molecule has 0 aliphatic carbocycles. The van der Waals surface area contributed by atoms with Crippen LogP contribution in [0.4, 0.5) is 0 Å². The van der Waals surface area contributed by atoms with Gasteiger partial charge >= 0.3 is 5.97 Å². The van der Waals surface area contributed by atoms with Gasteiger partial charge in [-0.2, -0.15) is 4.31 Å². The van der Waals surface area contributed by atoms with Gasteiger partial charge in [0.1, 0.15) is 9.84 Å². The van der Waals surface area contributed by atoms with E-state index < -0.39 is 43.0 Å². The van der Waals surface area contributed by atoms with E-state index in [1.807, 2.05) is 0 Å². The van der Waals surface area contributed by atoms with E-state index in [1.54, 1.807) is 0 Å². The first-order valence-electron chi connectivity index (χ1n) is 6.63. The second-order valence-corrected chi connectivity index (χ2v) is 10.0. The molecule has 2 aliphatic heterocycles. The molecular weight excluding hydrogens is 322 g/mol. The molecule has 0 aromatic rings. The zero-order valence-corrected chi connectivity index (χ0v) is 13.3. The standard InChI is InChI=1S/C11H19NO7S2/c1-12(10-7-19-6-9(10)11(13)14)21(17,18)8-2-4-20(15,16)5-3-8/h8-10H,2-7H2,1H3,(H,13,14). The number of carboxylic acids is 1. The molecule has 2 fully saturated rings. The predicted octanol–water partition coefficient (Wildman–Crippen LogP) is -1.08. The number of hydrogen-bond acceptors (Lipinski definition) is 6. The Morgan fingerprint density at radius 3 is 2.33 bits per heavy atom. The van der Waals surface area contributed by atoms with E-state index in [0.29, 0.717) is 0 Å². The molecule has 2 unspecified atom stereocenters. The number of ether oxygens (including phenoxy) is 1. The molecule has 2 heterocycles. The lowest BCUT2D eigenvalue weighted by molar-refractivity contribution is -0.142. The fourth-order valence-electron chi connectivity index (χ4n) is 2.73. The minimum Gasteiger partial charge on any atom is -0.481 e. The Hall–Kier alpha value is -0.710. The highest BCUT2D eigenvalue weighted by atomic mass is 32.2. The third-order valence-corrected chi connectivity index (χ3v) is 8.26. The molecule has 0 radical (unpaired) electrons. The molecule has 2 aliphatic rings. The van der Waals surface area contributed by atoms with Crippen molar-refractivity contribution in [2.24, 2.45) is 5.92 Å². The smallest absolute Gasteiger partial charge is 0.310 e. The molecule has 0 amide bonds. The van der Waals surface area contributed by atoms with Gasteiger partial charge in [-0.05, 0) is 12.8 Å². The number of hydrogen-bond donors (Lipinski definition) is 1. The molecular formula is C11H19NO7S2. The first-order chi connectivity index (χ1) is 9.65. The summed E-state index contributed by atoms with van der Waals surface area (Å²) in [5, 5.41) is 8.32. The summed E-state index contributed by atoms with van der Waals surface area (Å²) < 4.78 is 54.0. The molecule has 2 rings (SSSR count). The molecule has 122 valence electrons. The summed E-state index contributed by atoms with van der Waals surface area (Å²) in [5.41, 5.74) is 0. The molecule has 21 heavy (non-hydrogen) atoms. The maximum absolute atomic E-state index is 12.5. The average Bonchev–Trinajstić information content (AvgIpc) is 2.86. The Labute approximate surface area is 124 Å². The minimum absolute atomic E-state index is 0.0150. The number of likely N-dealkylation sites (N-methyl/N-ethyl adjacent to an activating group) is 1. The van der Waals surface area contributed by atoms with Crippen molar-refractivity contribution in [1.29, 1.82) is 0 Å². The van der Waals surface area contributed by atoms with Crippen molar-refractivity contribution in [3.63, 3.8) is 0 Å². The van der Waals surface area contributed by atoms with Crippen LogP contribution >= 0.6 is 0 Å². The summed E-state index contributed by atoms with van der Waals surface area (Å²) in [5.74, 6) is -2.27. The summed E-state index contributed by atoms with van der Waals surface area (Å²) in [6.07, 6.45) is 0.112. The van der Waals surface area contributed by atoms with Crippen molar-refractivity contribution < 1.29 is 31.5 Å². The second-order valence-electron chi connectivity index (χ2n) is 5.46. The lowest BCUT2D eigenvalue weighted by Crippen LogP contribution is -2.49. The van der Waals surface area contributed by atoms with Crippen LogP contribution in [0.25, 0.3) is 0 Å². The van der Waals surface area contributed by atoms with Crippen LogP contribution in [0.5, 0.6) is 0 Å². The van der Waals surface area contributed by atoms with E-state index in [0.717, 1.165) is 4.31 Å². The van der Waals surface area contributed by atoms with Crippen molar-refractivity contribution in [1.82, 2.24) is 4.31 Å². The van der Waals surface area contributed by atoms with Crippen molar-refractivity contribution in [3.05, 3.63) is 0 Å². The van der Waals surface area contributed by atoms with Crippen LogP contribution in [0, 0.1) is 5.92 Å². The van der Waals surface area contributed by atoms with E-state index in [1.165, 1.54) is 7.05 Å². The van der Waals surface area contributed by atoms with Crippen LogP contribution in [0.3, 0.4) is 0 Å². The highest BCUT2D eigenvalue weighted by Gasteiger charge is 2.44. The van der Waals surface area contributed by atoms with Crippen molar-refractivity contribution >= 4 is 25.8 Å². The van der Waals surface area contributed by atoms with E-state index in [-0.39, 0.29) is 37.6 Å². The number of rotatable bonds is 4. The van der Waals surface area contributed by atoms with Gasteiger partial charge in [-0.3, -0.25) is 4.79 Å². The quantitative estimate of drug-likeness (QED) is 0.691. The summed E-state index contributed by atoms with van der Waals surface area (Å²) >= 11 is 0. The molecule has 2 saturated heterocycles. The molecule has 1 N–H and O–H groups in total. The van der Waals surface area contributed by atoms with E-state index in [4.69, 9.17) is 9.84 Å². The zero-order chi connectivity index (χ0) is 15.8. The highest BCUT2D eigenvalue weighted by molar-refractivity contribution is 7.92. The number of carboxylic acid groups (broad SMARTS) is 1. The molecule has 0 saturated carbocycles. The van der Waals surface area contributed by atoms with Gasteiger partial charge in [-0.15, -0.1) is 0 Å².